The maximum absolute atomic E-state index is 12.4. The van der Waals surface area contributed by atoms with Gasteiger partial charge in [-0.2, -0.15) is 13.2 Å². The van der Waals surface area contributed by atoms with E-state index in [-0.39, 0.29) is 13.1 Å². The molecule has 1 saturated heterocycles. The Morgan fingerprint density at radius 1 is 1.56 bits per heavy atom. The number of alkyl halides is 3. The molecule has 0 saturated carbocycles. The van der Waals surface area contributed by atoms with Crippen LogP contribution < -0.4 is 5.73 Å². The second kappa shape index (κ2) is 4.51. The van der Waals surface area contributed by atoms with Crippen LogP contribution in [0.5, 0.6) is 0 Å². The van der Waals surface area contributed by atoms with Crippen molar-refractivity contribution >= 4 is 17.4 Å². The molecule has 1 amide bonds. The van der Waals surface area contributed by atoms with Crippen LogP contribution >= 0.6 is 11.5 Å². The van der Waals surface area contributed by atoms with Gasteiger partial charge < -0.3 is 10.6 Å². The van der Waals surface area contributed by atoms with Crippen LogP contribution in [0.25, 0.3) is 0 Å². The Bertz CT molecular complexity index is 434. The molecule has 0 radical (unpaired) electrons. The smallest absolute Gasteiger partial charge is 0.333 e. The number of carbonyl (C=O) groups is 1. The number of nitrogens with two attached hydrogens (primary N) is 1. The van der Waals surface area contributed by atoms with Crippen molar-refractivity contribution in [3.8, 4) is 0 Å². The van der Waals surface area contributed by atoms with Crippen molar-refractivity contribution < 1.29 is 18.0 Å². The number of amides is 1. The van der Waals surface area contributed by atoms with Gasteiger partial charge in [0.15, 0.2) is 0 Å². The molecule has 0 aromatic carbocycles. The lowest BCUT2D eigenvalue weighted by molar-refractivity contribution is -0.187. The molecule has 8 heteroatoms. The highest BCUT2D eigenvalue weighted by Gasteiger charge is 2.46. The van der Waals surface area contributed by atoms with Crippen LogP contribution in [0.1, 0.15) is 17.7 Å². The Morgan fingerprint density at radius 2 is 2.28 bits per heavy atom. The third-order valence-corrected chi connectivity index (χ3v) is 3.95. The third kappa shape index (κ3) is 2.49. The predicted octanol–water partition coefficient (Wildman–Crippen LogP) is 1.48. The van der Waals surface area contributed by atoms with E-state index in [0.29, 0.717) is 17.7 Å². The monoisotopic (exact) mass is 279 g/mol. The van der Waals surface area contributed by atoms with Gasteiger partial charge in [-0.1, -0.05) is 0 Å². The number of likely N-dealkylation sites (tertiary alicyclic amines) is 1. The number of rotatable bonds is 1. The van der Waals surface area contributed by atoms with Crippen molar-refractivity contribution in [2.45, 2.75) is 24.6 Å². The molecule has 4 nitrogen and oxygen atoms in total. The van der Waals surface area contributed by atoms with E-state index in [2.05, 4.69) is 4.37 Å². The van der Waals surface area contributed by atoms with Gasteiger partial charge in [0.1, 0.15) is 0 Å². The Labute approximate surface area is 106 Å². The molecule has 100 valence electrons. The van der Waals surface area contributed by atoms with Gasteiger partial charge >= 0.3 is 12.1 Å². The van der Waals surface area contributed by atoms with Gasteiger partial charge in [-0.15, -0.1) is 0 Å². The largest absolute Gasteiger partial charge is 0.471 e. The number of hydrogen-bond acceptors (Lipinski definition) is 4. The van der Waals surface area contributed by atoms with Gasteiger partial charge in [0.05, 0.1) is 5.54 Å². The molecule has 18 heavy (non-hydrogen) atoms. The highest BCUT2D eigenvalue weighted by Crippen LogP contribution is 2.32. The lowest BCUT2D eigenvalue weighted by Gasteiger charge is -2.39. The number of nitrogens with zero attached hydrogens (tertiary/aromatic N) is 2. The summed E-state index contributed by atoms with van der Waals surface area (Å²) in [6.45, 7) is -0.0242. The van der Waals surface area contributed by atoms with Gasteiger partial charge in [0, 0.05) is 24.2 Å². The van der Waals surface area contributed by atoms with Crippen molar-refractivity contribution in [1.82, 2.24) is 9.27 Å². The summed E-state index contributed by atoms with van der Waals surface area (Å²) >= 11 is 1.16. The minimum atomic E-state index is -4.84. The second-order valence-electron chi connectivity index (χ2n) is 4.36. The van der Waals surface area contributed by atoms with Crippen molar-refractivity contribution in [1.29, 1.82) is 0 Å². The summed E-state index contributed by atoms with van der Waals surface area (Å²) in [5.41, 5.74) is 5.19. The molecule has 1 aliphatic heterocycles. The minimum Gasteiger partial charge on any atom is -0.333 e. The van der Waals surface area contributed by atoms with Gasteiger partial charge in [0.25, 0.3) is 0 Å². The Balaban J connectivity index is 2.17. The summed E-state index contributed by atoms with van der Waals surface area (Å²) in [6.07, 6.45) is -2.28. The highest BCUT2D eigenvalue weighted by molar-refractivity contribution is 7.05. The van der Waals surface area contributed by atoms with Crippen molar-refractivity contribution in [2.75, 3.05) is 13.1 Å². The molecule has 1 unspecified atom stereocenters. The quantitative estimate of drug-likeness (QED) is 0.847. The lowest BCUT2D eigenvalue weighted by Crippen LogP contribution is -2.55. The van der Waals surface area contributed by atoms with E-state index >= 15 is 0 Å². The molecule has 1 fully saturated rings. The van der Waals surface area contributed by atoms with Gasteiger partial charge in [0.2, 0.25) is 0 Å². The average molecular weight is 279 g/mol. The summed E-state index contributed by atoms with van der Waals surface area (Å²) in [5.74, 6) is -1.82. The van der Waals surface area contributed by atoms with E-state index in [9.17, 15) is 18.0 Å². The molecule has 1 aromatic heterocycles. The van der Waals surface area contributed by atoms with Gasteiger partial charge in [-0.25, -0.2) is 4.37 Å². The fourth-order valence-corrected chi connectivity index (χ4v) is 2.82. The standard InChI is InChI=1S/C10H12F3N3OS/c11-10(12,13)8(17)16-5-1-3-9(14,6-16)7-2-4-15-18-7/h2,4H,1,3,5-6,14H2. The van der Waals surface area contributed by atoms with E-state index in [1.807, 2.05) is 0 Å². The van der Waals surface area contributed by atoms with E-state index in [1.54, 1.807) is 12.3 Å². The summed E-state index contributed by atoms with van der Waals surface area (Å²) in [5, 5.41) is 0. The molecule has 0 bridgehead atoms. The van der Waals surface area contributed by atoms with Crippen molar-refractivity contribution in [3.05, 3.63) is 17.1 Å². The van der Waals surface area contributed by atoms with Crippen molar-refractivity contribution in [3.63, 3.8) is 0 Å². The van der Waals surface area contributed by atoms with Crippen LogP contribution in [0, 0.1) is 0 Å². The molecule has 0 spiro atoms. The van der Waals surface area contributed by atoms with E-state index in [0.717, 1.165) is 16.4 Å². The van der Waals surface area contributed by atoms with Crippen LogP contribution in [0.4, 0.5) is 13.2 Å². The molecule has 2 heterocycles. The molecule has 0 aliphatic carbocycles. The number of halogens is 3. The number of aromatic nitrogens is 1. The van der Waals surface area contributed by atoms with E-state index in [4.69, 9.17) is 5.73 Å². The molecule has 1 atom stereocenters. The van der Waals surface area contributed by atoms with Crippen LogP contribution in [0.3, 0.4) is 0 Å². The van der Waals surface area contributed by atoms with Gasteiger partial charge in [-0.3, -0.25) is 4.79 Å². The summed E-state index contributed by atoms with van der Waals surface area (Å²) in [7, 11) is 0. The molecular formula is C10H12F3N3OS. The van der Waals surface area contributed by atoms with E-state index < -0.39 is 17.6 Å². The first-order valence-corrected chi connectivity index (χ1v) is 6.16. The maximum atomic E-state index is 12.4. The number of carbonyl (C=O) groups excluding carboxylic acids is 1. The average Bonchev–Trinajstić information content (AvgIpc) is 2.81. The van der Waals surface area contributed by atoms with Crippen LogP contribution in [-0.4, -0.2) is 34.4 Å². The summed E-state index contributed by atoms with van der Waals surface area (Å²) < 4.78 is 41.1. The fraction of sp³-hybridized carbons (Fsp3) is 0.600. The summed E-state index contributed by atoms with van der Waals surface area (Å²) in [4.78, 5) is 12.7. The first-order valence-electron chi connectivity index (χ1n) is 5.39. The van der Waals surface area contributed by atoms with Crippen LogP contribution in [0.2, 0.25) is 0 Å². The predicted molar refractivity (Wildman–Crippen MR) is 59.8 cm³/mol. The first-order chi connectivity index (χ1) is 8.33. The first kappa shape index (κ1) is 13.3. The minimum absolute atomic E-state index is 0.0934. The van der Waals surface area contributed by atoms with Crippen LogP contribution in [0.15, 0.2) is 12.3 Å². The van der Waals surface area contributed by atoms with Crippen molar-refractivity contribution in [2.24, 2.45) is 5.73 Å². The van der Waals surface area contributed by atoms with Crippen LogP contribution in [-0.2, 0) is 10.3 Å². The Kier molecular flexibility index (Phi) is 3.33. The second-order valence-corrected chi connectivity index (χ2v) is 5.19. The zero-order valence-corrected chi connectivity index (χ0v) is 10.2. The lowest BCUT2D eigenvalue weighted by atomic mass is 9.88. The maximum Gasteiger partial charge on any atom is 0.471 e. The zero-order valence-electron chi connectivity index (χ0n) is 9.41. The Hall–Kier alpha value is -1.15. The molecule has 1 aromatic rings. The number of piperidine rings is 1. The number of hydrogen-bond donors (Lipinski definition) is 1. The van der Waals surface area contributed by atoms with Gasteiger partial charge in [-0.05, 0) is 30.4 Å². The van der Waals surface area contributed by atoms with E-state index in [1.165, 1.54) is 0 Å². The SMILES string of the molecule is NC1(c2ccns2)CCCN(C(=O)C(F)(F)F)C1. The molecule has 2 rings (SSSR count). The topological polar surface area (TPSA) is 59.2 Å². The molecular weight excluding hydrogens is 267 g/mol. The Morgan fingerprint density at radius 3 is 2.83 bits per heavy atom. The fourth-order valence-electron chi connectivity index (χ4n) is 2.11. The molecule has 2 N–H and O–H groups in total. The third-order valence-electron chi connectivity index (χ3n) is 2.98. The molecule has 1 aliphatic rings. The normalized spacial score (nSPS) is 25.2. The summed E-state index contributed by atoms with van der Waals surface area (Å²) in [6, 6.07) is 1.69. The highest BCUT2D eigenvalue weighted by atomic mass is 32.1. The zero-order chi connectivity index (χ0) is 13.4.